The van der Waals surface area contributed by atoms with Crippen molar-refractivity contribution in [3.63, 3.8) is 0 Å². The second kappa shape index (κ2) is 36.0. The van der Waals surface area contributed by atoms with Gasteiger partial charge in [-0.3, -0.25) is 61.2 Å². The molecule has 0 aromatic rings. The first kappa shape index (κ1) is 70.6. The van der Waals surface area contributed by atoms with Crippen molar-refractivity contribution in [3.05, 3.63) is 0 Å². The predicted molar refractivity (Wildman–Crippen MR) is 241 cm³/mol. The Morgan fingerprint density at radius 1 is 0.325 bits per heavy atom. The number of esters is 9. The molecule has 39 heteroatoms. The largest absolute Gasteiger partial charge is 0.481 e. The van der Waals surface area contributed by atoms with Gasteiger partial charge in [0.1, 0.15) is 30.5 Å². The van der Waals surface area contributed by atoms with Gasteiger partial charge in [0.25, 0.3) is 0 Å². The maximum atomic E-state index is 14.9. The molecule has 77 heavy (non-hydrogen) atoms. The van der Waals surface area contributed by atoms with Crippen LogP contribution < -0.4 is 0 Å². The summed E-state index contributed by atoms with van der Waals surface area (Å²) in [6, 6.07) is 0. The predicted octanol–water partition coefficient (Wildman–Crippen LogP) is 4.17. The van der Waals surface area contributed by atoms with Gasteiger partial charge in [0.15, 0.2) is 6.10 Å². The van der Waals surface area contributed by atoms with E-state index in [1.54, 1.807) is 6.92 Å². The summed E-state index contributed by atoms with van der Waals surface area (Å²) in [5.41, 5.74) is 0. The first-order chi connectivity index (χ1) is 36.0. The van der Waals surface area contributed by atoms with Gasteiger partial charge in [-0.1, -0.05) is 20.3 Å². The van der Waals surface area contributed by atoms with Crippen LogP contribution >= 0.6 is 31.3 Å². The average Bonchev–Trinajstić information content (AvgIpc) is 3.28. The Bertz CT molecular complexity index is 2060. The van der Waals surface area contributed by atoms with Crippen molar-refractivity contribution in [1.82, 2.24) is 0 Å². The zero-order valence-electron chi connectivity index (χ0n) is 43.2. The van der Waals surface area contributed by atoms with Crippen LogP contribution in [0.1, 0.15) is 94.9 Å². The summed E-state index contributed by atoms with van der Waals surface area (Å²) in [5, 5.41) is 0. The smallest absolute Gasteiger partial charge is 0.457 e. The first-order valence-electron chi connectivity index (χ1n) is 22.2. The molecule has 0 bridgehead atoms. The third-order valence-electron chi connectivity index (χ3n) is 8.26. The summed E-state index contributed by atoms with van der Waals surface area (Å²) in [7, 11) is -23.0. The minimum Gasteiger partial charge on any atom is -0.457 e. The van der Waals surface area contributed by atoms with Crippen LogP contribution in [-0.4, -0.2) is 151 Å². The molecule has 0 aromatic carbocycles. The fourth-order valence-corrected chi connectivity index (χ4v) is 9.48. The number of carbonyl (C=O) groups is 9. The average molecular weight is 1200 g/mol. The summed E-state index contributed by atoms with van der Waals surface area (Å²) >= 11 is 0. The lowest BCUT2D eigenvalue weighted by atomic mass is 9.84. The van der Waals surface area contributed by atoms with Crippen LogP contribution in [0.5, 0.6) is 0 Å². The maximum Gasteiger partial charge on any atom is 0.481 e. The Hall–Kier alpha value is -4.37. The van der Waals surface area contributed by atoms with Gasteiger partial charge < -0.3 is 47.4 Å². The van der Waals surface area contributed by atoms with Gasteiger partial charge in [0.05, 0.1) is 0 Å². The molecule has 6 atom stereocenters. The van der Waals surface area contributed by atoms with E-state index < -0.39 is 189 Å². The van der Waals surface area contributed by atoms with Gasteiger partial charge >= 0.3 is 85.0 Å². The number of carbonyl (C=O) groups excluding carboxylic acids is 9. The Morgan fingerprint density at radius 2 is 0.545 bits per heavy atom. The van der Waals surface area contributed by atoms with Crippen molar-refractivity contribution in [2.75, 3.05) is 61.0 Å². The molecule has 0 aliphatic heterocycles. The molecule has 0 amide bonds. The molecule has 1 saturated carbocycles. The minimum atomic E-state index is -5.81. The summed E-state index contributed by atoms with van der Waals surface area (Å²) < 4.78 is 175. The molecule has 0 heterocycles. The monoisotopic (exact) mass is 1200 g/mol. The number of hydrogen-bond donors (Lipinski definition) is 0. The zero-order chi connectivity index (χ0) is 58.4. The number of unbranched alkanes of at least 4 members (excludes halogenated alkanes) is 1. The Labute approximate surface area is 439 Å². The first-order valence-corrected chi connectivity index (χ1v) is 28.0. The number of rotatable bonds is 39. The second-order valence-electron chi connectivity index (χ2n) is 14.5. The van der Waals surface area contributed by atoms with Crippen molar-refractivity contribution in [2.45, 2.75) is 132 Å². The van der Waals surface area contributed by atoms with Crippen molar-refractivity contribution in [1.29, 1.82) is 0 Å². The molecule has 1 rings (SSSR count). The quantitative estimate of drug-likeness (QED) is 0.0274. The summed E-state index contributed by atoms with van der Waals surface area (Å²) in [6.07, 6.45) is -15.9. The van der Waals surface area contributed by atoms with E-state index in [0.717, 1.165) is 55.4 Å². The zero-order valence-corrected chi connectivity index (χ0v) is 46.8. The van der Waals surface area contributed by atoms with Gasteiger partial charge in [-0.25, -0.2) is 54.5 Å². The fourth-order valence-electron chi connectivity index (χ4n) is 5.08. The molecule has 1 aliphatic carbocycles. The number of phosphoric ester groups is 4. The maximum absolute atomic E-state index is 14.9. The second-order valence-corrected chi connectivity index (χ2v) is 21.0. The van der Waals surface area contributed by atoms with Crippen LogP contribution in [0.4, 0.5) is 0 Å². The van der Waals surface area contributed by atoms with Gasteiger partial charge in [-0.15, -0.1) is 0 Å². The molecule has 444 valence electrons. The molecule has 1 fully saturated rings. The third-order valence-corrected chi connectivity index (χ3v) is 13.6. The topological polar surface area (TPSA) is 425 Å². The Morgan fingerprint density at radius 3 is 0.753 bits per heavy atom. The van der Waals surface area contributed by atoms with Crippen LogP contribution in [0.2, 0.25) is 0 Å². The molecular formula is C38H62O35P4. The third kappa shape index (κ3) is 30.0. The van der Waals surface area contributed by atoms with Crippen LogP contribution in [0.15, 0.2) is 0 Å². The number of hydrogen-bond acceptors (Lipinski definition) is 35. The molecule has 0 unspecified atom stereocenters. The van der Waals surface area contributed by atoms with Crippen LogP contribution in [0, 0.1) is 0 Å². The molecule has 0 aromatic heterocycles. The van der Waals surface area contributed by atoms with Gasteiger partial charge in [-0.05, 0) is 12.8 Å². The van der Waals surface area contributed by atoms with Gasteiger partial charge in [0.2, 0.25) is 54.3 Å². The van der Waals surface area contributed by atoms with Crippen molar-refractivity contribution >= 4 is 85.0 Å². The minimum absolute atomic E-state index is 0.0222. The molecule has 1 aliphatic rings. The standard InChI is InChI=1S/C38H62O35P4/c1-11-13-15-52-33-34(69-32(47)14-12-2)36(71-75(49,63-18-55-26(5)41)64-19-56-27(6)42)38(73-77(51,67-22-59-30(9)45)68-23-60-31(10)46)37(72-76(50,65-20-57-28(7)43)66-21-58-29(8)44)35(33)70-74(48,61-16-53-24(3)39)62-17-54-25(4)40/h33-38H,11-23H2,1-10H3/t33-,34+,35+,36+,37-,38-/m1/s1. The van der Waals surface area contributed by atoms with E-state index in [4.69, 9.17) is 102 Å². The number of phosphoric acid groups is 4. The van der Waals surface area contributed by atoms with E-state index in [2.05, 4.69) is 0 Å². The van der Waals surface area contributed by atoms with Gasteiger partial charge in [-0.2, -0.15) is 0 Å². The highest BCUT2D eigenvalue weighted by atomic mass is 31.2. The Balaban J connectivity index is 4.94. The lowest BCUT2D eigenvalue weighted by Crippen LogP contribution is -2.67. The summed E-state index contributed by atoms with van der Waals surface area (Å²) in [6.45, 7) is -1.08. The van der Waals surface area contributed by atoms with Crippen LogP contribution in [-0.2, 0) is 163 Å². The normalized spacial score (nSPS) is 18.7. The molecule has 35 nitrogen and oxygen atoms in total. The highest BCUT2D eigenvalue weighted by Crippen LogP contribution is 2.62. The molecule has 0 N–H and O–H groups in total. The molecule has 0 radical (unpaired) electrons. The van der Waals surface area contributed by atoms with Crippen molar-refractivity contribution < 1.29 is 163 Å². The SMILES string of the molecule is CCCCO[C@@H]1[C@H](OC(=O)CCC)[C@H](OP(=O)(OCOC(C)=O)OCOC(C)=O)[C@@H](OP(=O)(OCOC(C)=O)OCOC(C)=O)[C@H](OP(=O)(OCOC(C)=O)OCOC(C)=O)[C@H]1OP(=O)(OCOC(C)=O)OCOC(C)=O. The van der Waals surface area contributed by atoms with E-state index in [-0.39, 0.29) is 12.8 Å². The van der Waals surface area contributed by atoms with E-state index >= 15 is 0 Å². The van der Waals surface area contributed by atoms with E-state index in [1.807, 2.05) is 0 Å². The molecule has 0 spiro atoms. The summed E-state index contributed by atoms with van der Waals surface area (Å²) in [4.78, 5) is 109. The number of ether oxygens (including phenoxy) is 10. The Kier molecular flexibility index (Phi) is 33.0. The molecule has 0 saturated heterocycles. The molecular weight excluding hydrogens is 1140 g/mol. The lowest BCUT2D eigenvalue weighted by Gasteiger charge is -2.49. The highest BCUT2D eigenvalue weighted by Gasteiger charge is 2.63. The summed E-state index contributed by atoms with van der Waals surface area (Å²) in [5.74, 6) is -9.81. The fraction of sp³-hybridized carbons (Fsp3) is 0.763. The van der Waals surface area contributed by atoms with Crippen molar-refractivity contribution in [3.8, 4) is 0 Å². The highest BCUT2D eigenvalue weighted by molar-refractivity contribution is 7.49. The lowest BCUT2D eigenvalue weighted by molar-refractivity contribution is -0.238. The van der Waals surface area contributed by atoms with E-state index in [9.17, 15) is 61.4 Å². The van der Waals surface area contributed by atoms with Gasteiger partial charge in [0, 0.05) is 68.4 Å². The van der Waals surface area contributed by atoms with Crippen molar-refractivity contribution in [2.24, 2.45) is 0 Å². The van der Waals surface area contributed by atoms with Crippen LogP contribution in [0.25, 0.3) is 0 Å². The van der Waals surface area contributed by atoms with E-state index in [0.29, 0.717) is 6.42 Å². The van der Waals surface area contributed by atoms with Crippen LogP contribution in [0.3, 0.4) is 0 Å². The van der Waals surface area contributed by atoms with E-state index in [1.165, 1.54) is 6.92 Å².